The summed E-state index contributed by atoms with van der Waals surface area (Å²) in [6.07, 6.45) is 1.90. The molecule has 1 unspecified atom stereocenters. The maximum atomic E-state index is 12.3. The number of hydrogen-bond acceptors (Lipinski definition) is 3. The smallest absolute Gasteiger partial charge is 0.240 e. The Bertz CT molecular complexity index is 512. The van der Waals surface area contributed by atoms with Gasteiger partial charge in [0.15, 0.2) is 0 Å². The number of primary amides is 1. The summed E-state index contributed by atoms with van der Waals surface area (Å²) < 4.78 is 0. The van der Waals surface area contributed by atoms with E-state index < -0.39 is 11.9 Å². The van der Waals surface area contributed by atoms with Gasteiger partial charge in [-0.05, 0) is 25.3 Å². The highest BCUT2D eigenvalue weighted by atomic mass is 16.2. The molecule has 0 bridgehead atoms. The highest BCUT2D eigenvalue weighted by molar-refractivity contribution is 5.87. The van der Waals surface area contributed by atoms with E-state index >= 15 is 0 Å². The summed E-state index contributed by atoms with van der Waals surface area (Å²) in [4.78, 5) is 25.0. The van der Waals surface area contributed by atoms with Gasteiger partial charge in [-0.2, -0.15) is 0 Å². The number of hydrogen-bond donors (Lipinski definition) is 2. The predicted molar refractivity (Wildman–Crippen MR) is 76.5 cm³/mol. The Hall–Kier alpha value is -1.88. The van der Waals surface area contributed by atoms with Gasteiger partial charge in [-0.3, -0.25) is 9.59 Å². The molecule has 0 heterocycles. The summed E-state index contributed by atoms with van der Waals surface area (Å²) in [6, 6.07) is 7.46. The molecule has 20 heavy (non-hydrogen) atoms. The Morgan fingerprint density at radius 2 is 2.10 bits per heavy atom. The Labute approximate surface area is 118 Å². The van der Waals surface area contributed by atoms with Crippen LogP contribution in [-0.4, -0.2) is 28.8 Å². The molecule has 2 rings (SSSR count). The fourth-order valence-corrected chi connectivity index (χ4v) is 2.30. The van der Waals surface area contributed by atoms with Crippen LogP contribution in [0, 0.1) is 6.92 Å². The highest BCUT2D eigenvalue weighted by Crippen LogP contribution is 2.29. The van der Waals surface area contributed by atoms with Gasteiger partial charge in [0.2, 0.25) is 11.8 Å². The van der Waals surface area contributed by atoms with E-state index in [9.17, 15) is 9.59 Å². The van der Waals surface area contributed by atoms with Crippen LogP contribution in [0.1, 0.15) is 30.4 Å². The molecule has 1 aliphatic rings. The maximum absolute atomic E-state index is 12.3. The van der Waals surface area contributed by atoms with Crippen LogP contribution >= 0.6 is 0 Å². The summed E-state index contributed by atoms with van der Waals surface area (Å²) in [5.74, 6) is -0.732. The van der Waals surface area contributed by atoms with Crippen LogP contribution in [-0.2, 0) is 16.1 Å². The van der Waals surface area contributed by atoms with Crippen molar-refractivity contribution in [3.8, 4) is 0 Å². The molecule has 5 heteroatoms. The van der Waals surface area contributed by atoms with E-state index in [2.05, 4.69) is 6.07 Å². The summed E-state index contributed by atoms with van der Waals surface area (Å²) in [6.45, 7) is 2.56. The van der Waals surface area contributed by atoms with Crippen molar-refractivity contribution in [2.45, 2.75) is 44.8 Å². The molecule has 4 N–H and O–H groups in total. The molecule has 1 aromatic carbocycles. The second kappa shape index (κ2) is 6.05. The number of nitrogens with zero attached hydrogens (tertiary/aromatic N) is 1. The summed E-state index contributed by atoms with van der Waals surface area (Å²) >= 11 is 0. The van der Waals surface area contributed by atoms with Crippen molar-refractivity contribution >= 4 is 11.8 Å². The number of carbonyl (C=O) groups excluding carboxylic acids is 2. The first kappa shape index (κ1) is 14.5. The molecule has 1 saturated carbocycles. The van der Waals surface area contributed by atoms with Crippen LogP contribution in [0.2, 0.25) is 0 Å². The number of benzene rings is 1. The molecule has 1 atom stereocenters. The van der Waals surface area contributed by atoms with Crippen molar-refractivity contribution in [2.75, 3.05) is 0 Å². The SMILES string of the molecule is Cc1cccc(CN(C(=O)C(N)CC(N)=O)C2CC2)c1. The lowest BCUT2D eigenvalue weighted by Crippen LogP contribution is -2.46. The quantitative estimate of drug-likeness (QED) is 0.800. The molecule has 0 aromatic heterocycles. The third-order valence-corrected chi connectivity index (χ3v) is 3.44. The topological polar surface area (TPSA) is 89.4 Å². The van der Waals surface area contributed by atoms with Crippen molar-refractivity contribution in [2.24, 2.45) is 11.5 Å². The van der Waals surface area contributed by atoms with Gasteiger partial charge in [0.1, 0.15) is 0 Å². The van der Waals surface area contributed by atoms with Gasteiger partial charge in [0.05, 0.1) is 12.5 Å². The van der Waals surface area contributed by atoms with E-state index in [0.29, 0.717) is 6.54 Å². The Morgan fingerprint density at radius 1 is 1.40 bits per heavy atom. The van der Waals surface area contributed by atoms with Crippen molar-refractivity contribution in [1.29, 1.82) is 0 Å². The highest BCUT2D eigenvalue weighted by Gasteiger charge is 2.35. The minimum atomic E-state index is -0.835. The molecule has 1 fully saturated rings. The number of amides is 2. The van der Waals surface area contributed by atoms with Crippen LogP contribution in [0.15, 0.2) is 24.3 Å². The van der Waals surface area contributed by atoms with Crippen molar-refractivity contribution in [1.82, 2.24) is 4.90 Å². The summed E-state index contributed by atoms with van der Waals surface area (Å²) in [7, 11) is 0. The fraction of sp³-hybridized carbons (Fsp3) is 0.467. The summed E-state index contributed by atoms with van der Waals surface area (Å²) in [5, 5.41) is 0. The third kappa shape index (κ3) is 3.81. The molecule has 1 aliphatic carbocycles. The molecular weight excluding hydrogens is 254 g/mol. The number of rotatable bonds is 6. The molecule has 108 valence electrons. The van der Waals surface area contributed by atoms with Gasteiger partial charge in [0, 0.05) is 12.6 Å². The fourth-order valence-electron chi connectivity index (χ4n) is 2.30. The van der Waals surface area contributed by atoms with E-state index in [0.717, 1.165) is 24.0 Å². The molecule has 0 radical (unpaired) electrons. The van der Waals surface area contributed by atoms with Crippen LogP contribution in [0.3, 0.4) is 0 Å². The number of carbonyl (C=O) groups is 2. The number of nitrogens with two attached hydrogens (primary N) is 2. The lowest BCUT2D eigenvalue weighted by Gasteiger charge is -2.25. The molecule has 5 nitrogen and oxygen atoms in total. The van der Waals surface area contributed by atoms with Gasteiger partial charge in [0.25, 0.3) is 0 Å². The largest absolute Gasteiger partial charge is 0.370 e. The van der Waals surface area contributed by atoms with Gasteiger partial charge in [-0.1, -0.05) is 29.8 Å². The molecule has 0 aliphatic heterocycles. The molecule has 2 amide bonds. The molecule has 1 aromatic rings. The van der Waals surface area contributed by atoms with Gasteiger partial charge in [-0.25, -0.2) is 0 Å². The first-order valence-electron chi connectivity index (χ1n) is 6.87. The predicted octanol–water partition coefficient (Wildman–Crippen LogP) is 0.689. The second-order valence-electron chi connectivity index (χ2n) is 5.46. The number of aryl methyl sites for hydroxylation is 1. The van der Waals surface area contributed by atoms with Gasteiger partial charge in [-0.15, -0.1) is 0 Å². The monoisotopic (exact) mass is 275 g/mol. The van der Waals surface area contributed by atoms with Crippen LogP contribution in [0.5, 0.6) is 0 Å². The van der Waals surface area contributed by atoms with Crippen molar-refractivity contribution in [3.05, 3.63) is 35.4 Å². The van der Waals surface area contributed by atoms with Crippen molar-refractivity contribution in [3.63, 3.8) is 0 Å². The van der Waals surface area contributed by atoms with Gasteiger partial charge < -0.3 is 16.4 Å². The van der Waals surface area contributed by atoms with Crippen LogP contribution < -0.4 is 11.5 Å². The Morgan fingerprint density at radius 3 is 2.65 bits per heavy atom. The lowest BCUT2D eigenvalue weighted by atomic mass is 10.1. The normalized spacial score (nSPS) is 15.7. The van der Waals surface area contributed by atoms with Crippen LogP contribution in [0.25, 0.3) is 0 Å². The van der Waals surface area contributed by atoms with E-state index in [1.165, 1.54) is 0 Å². The van der Waals surface area contributed by atoms with Crippen molar-refractivity contribution < 1.29 is 9.59 Å². The molecule has 0 spiro atoms. The average Bonchev–Trinajstić information content (AvgIpc) is 3.18. The van der Waals surface area contributed by atoms with Gasteiger partial charge >= 0.3 is 0 Å². The van der Waals surface area contributed by atoms with E-state index in [1.807, 2.05) is 25.1 Å². The Balaban J connectivity index is 2.07. The average molecular weight is 275 g/mol. The Kier molecular flexibility index (Phi) is 4.39. The first-order valence-corrected chi connectivity index (χ1v) is 6.87. The third-order valence-electron chi connectivity index (χ3n) is 3.44. The zero-order chi connectivity index (χ0) is 14.7. The zero-order valence-electron chi connectivity index (χ0n) is 11.7. The molecule has 0 saturated heterocycles. The first-order chi connectivity index (χ1) is 9.47. The maximum Gasteiger partial charge on any atom is 0.240 e. The standard InChI is InChI=1S/C15H21N3O2/c1-10-3-2-4-11(7-10)9-18(12-5-6-12)15(20)13(16)8-14(17)19/h2-4,7,12-13H,5-6,8-9,16H2,1H3,(H2,17,19). The minimum Gasteiger partial charge on any atom is -0.370 e. The second-order valence-corrected chi connectivity index (χ2v) is 5.46. The lowest BCUT2D eigenvalue weighted by molar-refractivity contribution is -0.135. The van der Waals surface area contributed by atoms with E-state index in [4.69, 9.17) is 11.5 Å². The van der Waals surface area contributed by atoms with E-state index in [-0.39, 0.29) is 18.4 Å². The summed E-state index contributed by atoms with van der Waals surface area (Å²) in [5.41, 5.74) is 13.1. The zero-order valence-corrected chi connectivity index (χ0v) is 11.7. The molecular formula is C15H21N3O2. The van der Waals surface area contributed by atoms with E-state index in [1.54, 1.807) is 4.90 Å². The van der Waals surface area contributed by atoms with Crippen LogP contribution in [0.4, 0.5) is 0 Å². The minimum absolute atomic E-state index is 0.101.